The van der Waals surface area contributed by atoms with Gasteiger partial charge in [0.25, 0.3) is 5.69 Å². The molecule has 0 spiro atoms. The SMILES string of the molecule is Cc1cc2c([N+](=O)[O-])ccc(C(=O)O)c2[nH]1. The molecule has 1 aromatic heterocycles. The number of aryl methyl sites for hydroxylation is 1. The lowest BCUT2D eigenvalue weighted by Crippen LogP contribution is -1.99. The van der Waals surface area contributed by atoms with Crippen molar-refractivity contribution in [2.75, 3.05) is 0 Å². The number of aromatic amines is 1. The lowest BCUT2D eigenvalue weighted by atomic mass is 10.1. The smallest absolute Gasteiger partial charge is 0.337 e. The van der Waals surface area contributed by atoms with Gasteiger partial charge in [-0.05, 0) is 19.1 Å². The summed E-state index contributed by atoms with van der Waals surface area (Å²) in [6.45, 7) is 1.72. The molecule has 0 aliphatic rings. The fourth-order valence-electron chi connectivity index (χ4n) is 1.68. The van der Waals surface area contributed by atoms with Crippen molar-refractivity contribution in [1.82, 2.24) is 4.98 Å². The number of benzene rings is 1. The zero-order valence-corrected chi connectivity index (χ0v) is 8.35. The second-order valence-electron chi connectivity index (χ2n) is 3.44. The van der Waals surface area contributed by atoms with Crippen molar-refractivity contribution in [2.45, 2.75) is 6.92 Å². The second kappa shape index (κ2) is 3.34. The maximum Gasteiger partial charge on any atom is 0.337 e. The first-order chi connectivity index (χ1) is 7.50. The molecular weight excluding hydrogens is 212 g/mol. The number of nitro benzene ring substituents is 1. The van der Waals surface area contributed by atoms with Gasteiger partial charge in [0.1, 0.15) is 0 Å². The molecule has 0 amide bonds. The number of nitrogens with zero attached hydrogens (tertiary/aromatic N) is 1. The summed E-state index contributed by atoms with van der Waals surface area (Å²) in [7, 11) is 0. The molecule has 0 saturated heterocycles. The molecule has 0 bridgehead atoms. The number of rotatable bonds is 2. The van der Waals surface area contributed by atoms with Crippen molar-refractivity contribution in [3.05, 3.63) is 39.6 Å². The molecule has 2 aromatic rings. The zero-order valence-electron chi connectivity index (χ0n) is 8.35. The fraction of sp³-hybridized carbons (Fsp3) is 0.100. The van der Waals surface area contributed by atoms with Gasteiger partial charge in [-0.2, -0.15) is 0 Å². The van der Waals surface area contributed by atoms with Crippen LogP contribution < -0.4 is 0 Å². The van der Waals surface area contributed by atoms with Crippen molar-refractivity contribution < 1.29 is 14.8 Å². The maximum absolute atomic E-state index is 10.9. The lowest BCUT2D eigenvalue weighted by molar-refractivity contribution is -0.383. The molecule has 0 saturated carbocycles. The van der Waals surface area contributed by atoms with Crippen LogP contribution in [0.4, 0.5) is 5.69 Å². The van der Waals surface area contributed by atoms with Crippen molar-refractivity contribution in [1.29, 1.82) is 0 Å². The minimum Gasteiger partial charge on any atom is -0.478 e. The molecule has 6 heteroatoms. The van der Waals surface area contributed by atoms with E-state index in [0.29, 0.717) is 16.6 Å². The average molecular weight is 220 g/mol. The third-order valence-corrected chi connectivity index (χ3v) is 2.33. The number of carboxylic acids is 1. The Balaban J connectivity index is 2.86. The molecule has 0 aliphatic heterocycles. The Morgan fingerprint density at radius 3 is 2.75 bits per heavy atom. The standard InChI is InChI=1S/C10H8N2O4/c1-5-4-7-8(12(15)16)3-2-6(10(13)14)9(7)11-5/h2-4,11H,1H3,(H,13,14). The van der Waals surface area contributed by atoms with Gasteiger partial charge in [-0.1, -0.05) is 0 Å². The van der Waals surface area contributed by atoms with Gasteiger partial charge in [0.15, 0.2) is 0 Å². The zero-order chi connectivity index (χ0) is 11.9. The van der Waals surface area contributed by atoms with Crippen LogP contribution in [0.2, 0.25) is 0 Å². The summed E-state index contributed by atoms with van der Waals surface area (Å²) in [5.41, 5.74) is 0.920. The minimum absolute atomic E-state index is 0.0358. The summed E-state index contributed by atoms with van der Waals surface area (Å²) in [6.07, 6.45) is 0. The first-order valence-corrected chi connectivity index (χ1v) is 4.50. The molecule has 0 atom stereocenters. The predicted octanol–water partition coefficient (Wildman–Crippen LogP) is 2.08. The molecule has 0 radical (unpaired) electrons. The van der Waals surface area contributed by atoms with Gasteiger partial charge in [-0.3, -0.25) is 10.1 Å². The van der Waals surface area contributed by atoms with Crippen molar-refractivity contribution >= 4 is 22.6 Å². The van der Waals surface area contributed by atoms with Crippen molar-refractivity contribution in [2.24, 2.45) is 0 Å². The van der Waals surface area contributed by atoms with Gasteiger partial charge < -0.3 is 10.1 Å². The van der Waals surface area contributed by atoms with E-state index in [4.69, 9.17) is 5.11 Å². The van der Waals surface area contributed by atoms with Gasteiger partial charge in [-0.15, -0.1) is 0 Å². The van der Waals surface area contributed by atoms with E-state index in [1.807, 2.05) is 0 Å². The normalized spacial score (nSPS) is 10.6. The van der Waals surface area contributed by atoms with E-state index in [2.05, 4.69) is 4.98 Å². The van der Waals surface area contributed by atoms with Gasteiger partial charge >= 0.3 is 5.97 Å². The summed E-state index contributed by atoms with van der Waals surface area (Å²) >= 11 is 0. The first-order valence-electron chi connectivity index (χ1n) is 4.50. The summed E-state index contributed by atoms with van der Waals surface area (Å²) in [4.78, 5) is 24.0. The quantitative estimate of drug-likeness (QED) is 0.598. The molecule has 16 heavy (non-hydrogen) atoms. The van der Waals surface area contributed by atoms with Crippen LogP contribution in [0.1, 0.15) is 16.1 Å². The molecule has 1 aromatic carbocycles. The highest BCUT2D eigenvalue weighted by Crippen LogP contribution is 2.28. The molecule has 1 heterocycles. The van der Waals surface area contributed by atoms with E-state index in [9.17, 15) is 14.9 Å². The van der Waals surface area contributed by atoms with Crippen LogP contribution in [-0.2, 0) is 0 Å². The Morgan fingerprint density at radius 1 is 1.50 bits per heavy atom. The summed E-state index contributed by atoms with van der Waals surface area (Å²) < 4.78 is 0. The highest BCUT2D eigenvalue weighted by Gasteiger charge is 2.19. The molecule has 2 rings (SSSR count). The Labute approximate surface area is 89.7 Å². The van der Waals surface area contributed by atoms with Gasteiger partial charge in [-0.25, -0.2) is 4.79 Å². The van der Waals surface area contributed by atoms with E-state index in [-0.39, 0.29) is 11.3 Å². The fourth-order valence-corrected chi connectivity index (χ4v) is 1.68. The molecule has 2 N–H and O–H groups in total. The Morgan fingerprint density at radius 2 is 2.19 bits per heavy atom. The van der Waals surface area contributed by atoms with Gasteiger partial charge in [0.2, 0.25) is 0 Å². The number of nitrogens with one attached hydrogen (secondary N) is 1. The number of carbonyl (C=O) groups is 1. The number of carboxylic acid groups (broad SMARTS) is 1. The molecule has 6 nitrogen and oxygen atoms in total. The number of H-pyrrole nitrogens is 1. The number of hydrogen-bond acceptors (Lipinski definition) is 3. The number of non-ortho nitro benzene ring substituents is 1. The highest BCUT2D eigenvalue weighted by atomic mass is 16.6. The predicted molar refractivity (Wildman–Crippen MR) is 56.6 cm³/mol. The number of aromatic nitrogens is 1. The molecule has 0 unspecified atom stereocenters. The van der Waals surface area contributed by atoms with Gasteiger partial charge in [0, 0.05) is 11.8 Å². The van der Waals surface area contributed by atoms with Crippen LogP contribution >= 0.6 is 0 Å². The van der Waals surface area contributed by atoms with Crippen LogP contribution in [0.3, 0.4) is 0 Å². The molecule has 82 valence electrons. The van der Waals surface area contributed by atoms with Crippen LogP contribution in [0.15, 0.2) is 18.2 Å². The van der Waals surface area contributed by atoms with E-state index in [0.717, 1.165) is 0 Å². The third kappa shape index (κ3) is 1.40. The lowest BCUT2D eigenvalue weighted by Gasteiger charge is -1.98. The summed E-state index contributed by atoms with van der Waals surface area (Å²) in [6, 6.07) is 4.01. The summed E-state index contributed by atoms with van der Waals surface area (Å²) in [5.74, 6) is -1.11. The Bertz CT molecular complexity index is 549. The van der Waals surface area contributed by atoms with Crippen LogP contribution in [0, 0.1) is 17.0 Å². The minimum atomic E-state index is -1.11. The van der Waals surface area contributed by atoms with Crippen LogP contribution in [0.5, 0.6) is 0 Å². The molecular formula is C10H8N2O4. The van der Waals surface area contributed by atoms with Crippen molar-refractivity contribution in [3.63, 3.8) is 0 Å². The number of fused-ring (bicyclic) bond motifs is 1. The topological polar surface area (TPSA) is 96.2 Å². The molecule has 0 aliphatic carbocycles. The highest BCUT2D eigenvalue weighted by molar-refractivity contribution is 6.05. The summed E-state index contributed by atoms with van der Waals surface area (Å²) in [5, 5.41) is 20.0. The third-order valence-electron chi connectivity index (χ3n) is 2.33. The van der Waals surface area contributed by atoms with E-state index >= 15 is 0 Å². The van der Waals surface area contributed by atoms with Crippen LogP contribution in [-0.4, -0.2) is 21.0 Å². The number of aromatic carboxylic acids is 1. The van der Waals surface area contributed by atoms with Crippen LogP contribution in [0.25, 0.3) is 10.9 Å². The monoisotopic (exact) mass is 220 g/mol. The van der Waals surface area contributed by atoms with Gasteiger partial charge in [0.05, 0.1) is 21.4 Å². The number of hydrogen-bond donors (Lipinski definition) is 2. The maximum atomic E-state index is 10.9. The molecule has 0 fully saturated rings. The second-order valence-corrected chi connectivity index (χ2v) is 3.44. The number of nitro groups is 1. The Hall–Kier alpha value is -2.37. The largest absolute Gasteiger partial charge is 0.478 e. The average Bonchev–Trinajstić information content (AvgIpc) is 2.56. The first kappa shape index (κ1) is 10.2. The Kier molecular flexibility index (Phi) is 2.12. The van der Waals surface area contributed by atoms with E-state index < -0.39 is 10.9 Å². The van der Waals surface area contributed by atoms with E-state index in [1.165, 1.54) is 12.1 Å². The van der Waals surface area contributed by atoms with E-state index in [1.54, 1.807) is 13.0 Å². The van der Waals surface area contributed by atoms with Crippen molar-refractivity contribution in [3.8, 4) is 0 Å².